The van der Waals surface area contributed by atoms with Crippen LogP contribution < -0.4 is 5.73 Å². The van der Waals surface area contributed by atoms with Gasteiger partial charge in [-0.05, 0) is 32.3 Å². The largest absolute Gasteiger partial charge is 0.378 e. The Labute approximate surface area is 120 Å². The highest BCUT2D eigenvalue weighted by Gasteiger charge is 2.12. The molecule has 0 radical (unpaired) electrons. The van der Waals surface area contributed by atoms with Crippen molar-refractivity contribution in [2.24, 2.45) is 17.8 Å². The lowest BCUT2D eigenvalue weighted by molar-refractivity contribution is 0.0674. The monoisotopic (exact) mass is 279 g/mol. The number of nitrogens with zero attached hydrogens (tertiary/aromatic N) is 4. The molecule has 0 atom stereocenters. The summed E-state index contributed by atoms with van der Waals surface area (Å²) in [5.74, 6) is 0.646. The summed E-state index contributed by atoms with van der Waals surface area (Å²) in [6, 6.07) is 0. The zero-order chi connectivity index (χ0) is 14.5. The van der Waals surface area contributed by atoms with Gasteiger partial charge in [-0.25, -0.2) is 0 Å². The van der Waals surface area contributed by atoms with Gasteiger partial charge in [0.25, 0.3) is 0 Å². The van der Waals surface area contributed by atoms with Crippen molar-refractivity contribution >= 4 is 5.96 Å². The van der Waals surface area contributed by atoms with Crippen molar-refractivity contribution in [1.29, 1.82) is 0 Å². The van der Waals surface area contributed by atoms with Crippen molar-refractivity contribution in [3.05, 3.63) is 17.0 Å². The van der Waals surface area contributed by atoms with Gasteiger partial charge in [0.2, 0.25) is 0 Å². The van der Waals surface area contributed by atoms with E-state index in [1.807, 2.05) is 11.7 Å². The topological polar surface area (TPSA) is 68.7 Å². The van der Waals surface area contributed by atoms with E-state index in [2.05, 4.69) is 28.8 Å². The van der Waals surface area contributed by atoms with E-state index < -0.39 is 0 Å². The molecule has 2 N–H and O–H groups in total. The lowest BCUT2D eigenvalue weighted by Crippen LogP contribution is -2.44. The number of hydrogen-bond acceptors (Lipinski definition) is 3. The van der Waals surface area contributed by atoms with E-state index in [-0.39, 0.29) is 0 Å². The molecule has 20 heavy (non-hydrogen) atoms. The number of aryl methyl sites for hydroxylation is 2. The SMILES string of the molecule is Cc1nn(C)c(C)c1CCCN=C(N)N1CCOCC1. The highest BCUT2D eigenvalue weighted by molar-refractivity contribution is 5.78. The maximum Gasteiger partial charge on any atom is 0.191 e. The molecular formula is C14H25N5O. The third-order valence-corrected chi connectivity index (χ3v) is 3.85. The molecule has 1 saturated heterocycles. The third kappa shape index (κ3) is 3.50. The maximum absolute atomic E-state index is 6.00. The number of aromatic nitrogens is 2. The van der Waals surface area contributed by atoms with Crippen LogP contribution in [0.5, 0.6) is 0 Å². The fourth-order valence-corrected chi connectivity index (χ4v) is 2.52. The summed E-state index contributed by atoms with van der Waals surface area (Å²) in [4.78, 5) is 6.55. The number of rotatable bonds is 4. The predicted molar refractivity (Wildman–Crippen MR) is 79.9 cm³/mol. The Morgan fingerprint density at radius 3 is 2.65 bits per heavy atom. The van der Waals surface area contributed by atoms with Crippen LogP contribution in [0.4, 0.5) is 0 Å². The van der Waals surface area contributed by atoms with Gasteiger partial charge in [-0.15, -0.1) is 0 Å². The highest BCUT2D eigenvalue weighted by Crippen LogP contribution is 2.13. The Balaban J connectivity index is 1.80. The summed E-state index contributed by atoms with van der Waals surface area (Å²) in [6.45, 7) is 8.10. The van der Waals surface area contributed by atoms with Gasteiger partial charge in [-0.2, -0.15) is 5.10 Å². The number of ether oxygens (including phenoxy) is 1. The lowest BCUT2D eigenvalue weighted by Gasteiger charge is -2.27. The summed E-state index contributed by atoms with van der Waals surface area (Å²) in [5, 5.41) is 4.43. The molecule has 0 aromatic carbocycles. The molecular weight excluding hydrogens is 254 g/mol. The molecule has 0 spiro atoms. The molecule has 0 amide bonds. The first-order valence-corrected chi connectivity index (χ1v) is 7.21. The first-order valence-electron chi connectivity index (χ1n) is 7.21. The average molecular weight is 279 g/mol. The number of nitrogens with two attached hydrogens (primary N) is 1. The van der Waals surface area contributed by atoms with Crippen molar-refractivity contribution in [3.8, 4) is 0 Å². The van der Waals surface area contributed by atoms with Crippen LogP contribution in [0.15, 0.2) is 4.99 Å². The van der Waals surface area contributed by atoms with Crippen molar-refractivity contribution in [2.45, 2.75) is 26.7 Å². The minimum Gasteiger partial charge on any atom is -0.378 e. The first-order chi connectivity index (χ1) is 9.59. The smallest absolute Gasteiger partial charge is 0.191 e. The lowest BCUT2D eigenvalue weighted by atomic mass is 10.1. The van der Waals surface area contributed by atoms with Crippen molar-refractivity contribution < 1.29 is 4.74 Å². The maximum atomic E-state index is 6.00. The fraction of sp³-hybridized carbons (Fsp3) is 0.714. The van der Waals surface area contributed by atoms with E-state index in [1.54, 1.807) is 0 Å². The number of morpholine rings is 1. The Bertz CT molecular complexity index is 474. The number of hydrogen-bond donors (Lipinski definition) is 1. The van der Waals surface area contributed by atoms with Crippen LogP contribution in [0.1, 0.15) is 23.4 Å². The fourth-order valence-electron chi connectivity index (χ4n) is 2.52. The molecule has 1 aromatic rings. The van der Waals surface area contributed by atoms with E-state index >= 15 is 0 Å². The molecule has 2 rings (SSSR count). The third-order valence-electron chi connectivity index (χ3n) is 3.85. The minimum absolute atomic E-state index is 0.646. The van der Waals surface area contributed by atoms with Gasteiger partial charge < -0.3 is 15.4 Å². The molecule has 1 aromatic heterocycles. The summed E-state index contributed by atoms with van der Waals surface area (Å²) in [6.07, 6.45) is 2.00. The van der Waals surface area contributed by atoms with E-state index in [0.29, 0.717) is 5.96 Å². The molecule has 0 aliphatic carbocycles. The van der Waals surface area contributed by atoms with Gasteiger partial charge in [0.15, 0.2) is 5.96 Å². The number of aliphatic imine (C=N–C) groups is 1. The zero-order valence-corrected chi connectivity index (χ0v) is 12.7. The van der Waals surface area contributed by atoms with Gasteiger partial charge in [0, 0.05) is 32.4 Å². The summed E-state index contributed by atoms with van der Waals surface area (Å²) in [5.41, 5.74) is 9.70. The van der Waals surface area contributed by atoms with Crippen LogP contribution in [0, 0.1) is 13.8 Å². The van der Waals surface area contributed by atoms with Crippen molar-refractivity contribution in [3.63, 3.8) is 0 Å². The van der Waals surface area contributed by atoms with Crippen molar-refractivity contribution in [2.75, 3.05) is 32.8 Å². The van der Waals surface area contributed by atoms with Crippen LogP contribution in [0.3, 0.4) is 0 Å². The van der Waals surface area contributed by atoms with Gasteiger partial charge in [0.05, 0.1) is 18.9 Å². The van der Waals surface area contributed by atoms with Gasteiger partial charge >= 0.3 is 0 Å². The molecule has 1 fully saturated rings. The molecule has 0 unspecified atom stereocenters. The zero-order valence-electron chi connectivity index (χ0n) is 12.7. The summed E-state index contributed by atoms with van der Waals surface area (Å²) < 4.78 is 7.24. The Morgan fingerprint density at radius 1 is 1.35 bits per heavy atom. The van der Waals surface area contributed by atoms with Gasteiger partial charge in [-0.1, -0.05) is 0 Å². The van der Waals surface area contributed by atoms with E-state index in [1.165, 1.54) is 11.3 Å². The Morgan fingerprint density at radius 2 is 2.05 bits per heavy atom. The molecule has 1 aliphatic rings. The molecule has 6 nitrogen and oxygen atoms in total. The quantitative estimate of drug-likeness (QED) is 0.498. The van der Waals surface area contributed by atoms with Crippen LogP contribution in [-0.4, -0.2) is 53.5 Å². The second-order valence-electron chi connectivity index (χ2n) is 5.22. The Kier molecular flexibility index (Phi) is 5.00. The summed E-state index contributed by atoms with van der Waals surface area (Å²) >= 11 is 0. The standard InChI is InChI=1S/C14H25N5O/c1-11-13(12(2)18(3)17-11)5-4-6-16-14(15)19-7-9-20-10-8-19/h4-10H2,1-3H3,(H2,15,16). The van der Waals surface area contributed by atoms with Crippen molar-refractivity contribution in [1.82, 2.24) is 14.7 Å². The molecule has 6 heteroatoms. The molecule has 112 valence electrons. The first kappa shape index (κ1) is 14.8. The van der Waals surface area contributed by atoms with Crippen LogP contribution >= 0.6 is 0 Å². The van der Waals surface area contributed by atoms with Crippen LogP contribution in [0.2, 0.25) is 0 Å². The number of guanidine groups is 1. The second-order valence-corrected chi connectivity index (χ2v) is 5.22. The van der Waals surface area contributed by atoms with Crippen LogP contribution in [-0.2, 0) is 18.2 Å². The van der Waals surface area contributed by atoms with Crippen LogP contribution in [0.25, 0.3) is 0 Å². The normalized spacial score (nSPS) is 16.8. The highest BCUT2D eigenvalue weighted by atomic mass is 16.5. The van der Waals surface area contributed by atoms with E-state index in [0.717, 1.165) is 51.4 Å². The average Bonchev–Trinajstić information content (AvgIpc) is 2.70. The minimum atomic E-state index is 0.646. The molecule has 0 saturated carbocycles. The van der Waals surface area contributed by atoms with E-state index in [9.17, 15) is 0 Å². The van der Waals surface area contributed by atoms with Gasteiger partial charge in [-0.3, -0.25) is 9.67 Å². The molecule has 2 heterocycles. The molecule has 0 bridgehead atoms. The van der Waals surface area contributed by atoms with E-state index in [4.69, 9.17) is 10.5 Å². The second kappa shape index (κ2) is 6.74. The van der Waals surface area contributed by atoms with Gasteiger partial charge in [0.1, 0.15) is 0 Å². The summed E-state index contributed by atoms with van der Waals surface area (Å²) in [7, 11) is 1.99. The molecule has 1 aliphatic heterocycles. The predicted octanol–water partition coefficient (Wildman–Crippen LogP) is 0.616. The Hall–Kier alpha value is -1.56.